The monoisotopic (exact) mass is 612 g/mol. The van der Waals surface area contributed by atoms with E-state index >= 15 is 0 Å². The van der Waals surface area contributed by atoms with Crippen LogP contribution in [0.5, 0.6) is 5.75 Å². The maximum atomic E-state index is 14.0. The smallest absolute Gasteiger partial charge is 0.234 e. The third-order valence-corrected chi connectivity index (χ3v) is 10.6. The zero-order chi connectivity index (χ0) is 31.7. The molecule has 240 valence electrons. The van der Waals surface area contributed by atoms with Gasteiger partial charge in [-0.3, -0.25) is 19.4 Å². The van der Waals surface area contributed by atoms with Gasteiger partial charge >= 0.3 is 0 Å². The number of benzene rings is 2. The lowest BCUT2D eigenvalue weighted by atomic mass is 9.69. The van der Waals surface area contributed by atoms with E-state index in [4.69, 9.17) is 4.74 Å². The summed E-state index contributed by atoms with van der Waals surface area (Å²) in [5.41, 5.74) is 7.41. The zero-order valence-electron chi connectivity index (χ0n) is 27.0. The van der Waals surface area contributed by atoms with Crippen molar-refractivity contribution in [3.8, 4) is 5.75 Å². The van der Waals surface area contributed by atoms with Crippen LogP contribution in [0, 0.1) is 31.6 Å². The first kappa shape index (κ1) is 31.7. The second-order valence-corrected chi connectivity index (χ2v) is 13.6. The number of aliphatic hydroxyl groups is 1. The summed E-state index contributed by atoms with van der Waals surface area (Å²) >= 11 is 0. The second kappa shape index (κ2) is 13.6. The van der Waals surface area contributed by atoms with Crippen LogP contribution in [0.3, 0.4) is 0 Å². The first-order valence-corrected chi connectivity index (χ1v) is 16.9. The van der Waals surface area contributed by atoms with Crippen LogP contribution in [0.25, 0.3) is 6.08 Å². The molecule has 7 heteroatoms. The number of allylic oxidation sites excluding steroid dienone is 1. The maximum absolute atomic E-state index is 14.0. The third kappa shape index (κ3) is 6.40. The molecular formula is C38H48N2O5. The van der Waals surface area contributed by atoms with E-state index in [0.717, 1.165) is 86.0 Å². The Morgan fingerprint density at radius 1 is 1.00 bits per heavy atom. The lowest BCUT2D eigenvalue weighted by Gasteiger charge is -2.36. The Hall–Kier alpha value is -3.26. The quantitative estimate of drug-likeness (QED) is 0.255. The average Bonchev–Trinajstić information content (AvgIpc) is 3.57. The number of phenolic OH excluding ortho intramolecular Hbond substituents is 1. The van der Waals surface area contributed by atoms with E-state index in [-0.39, 0.29) is 42.4 Å². The fraction of sp³-hybridized carbons (Fsp3) is 0.526. The fourth-order valence-corrected chi connectivity index (χ4v) is 8.40. The molecule has 2 aromatic carbocycles. The number of likely N-dealkylation sites (tertiary alicyclic amines) is 2. The van der Waals surface area contributed by atoms with Gasteiger partial charge in [0, 0.05) is 31.6 Å². The molecule has 0 bridgehead atoms. The van der Waals surface area contributed by atoms with E-state index in [2.05, 4.69) is 42.2 Å². The molecule has 2 amide bonds. The highest BCUT2D eigenvalue weighted by atomic mass is 16.5. The van der Waals surface area contributed by atoms with Crippen molar-refractivity contribution in [2.24, 2.45) is 17.8 Å². The molecule has 0 unspecified atom stereocenters. The number of fused-ring (bicyclic) bond motifs is 3. The number of aryl methyl sites for hydroxylation is 2. The normalized spacial score (nSPS) is 26.1. The fourth-order valence-electron chi connectivity index (χ4n) is 8.40. The minimum atomic E-state index is -0.394. The Morgan fingerprint density at radius 3 is 2.38 bits per heavy atom. The molecule has 0 aromatic heterocycles. The molecule has 3 aliphatic heterocycles. The van der Waals surface area contributed by atoms with Crippen molar-refractivity contribution in [1.29, 1.82) is 0 Å². The molecule has 6 rings (SSSR count). The maximum Gasteiger partial charge on any atom is 0.234 e. The number of amides is 2. The van der Waals surface area contributed by atoms with Crippen LogP contribution in [-0.4, -0.2) is 70.3 Å². The Labute approximate surface area is 267 Å². The number of aromatic hydroxyl groups is 1. The molecule has 4 aliphatic rings. The molecule has 0 saturated carbocycles. The molecule has 0 spiro atoms. The Balaban J connectivity index is 1.13. The van der Waals surface area contributed by atoms with Crippen molar-refractivity contribution in [1.82, 2.24) is 9.80 Å². The molecule has 2 aromatic rings. The van der Waals surface area contributed by atoms with Crippen molar-refractivity contribution in [2.45, 2.75) is 84.4 Å². The number of piperidine rings is 1. The molecule has 3 saturated heterocycles. The molecular weight excluding hydrogens is 564 g/mol. The van der Waals surface area contributed by atoms with Gasteiger partial charge in [-0.05, 0) is 97.9 Å². The molecule has 7 nitrogen and oxygen atoms in total. The Morgan fingerprint density at radius 2 is 1.71 bits per heavy atom. The molecule has 2 N–H and O–H groups in total. The van der Waals surface area contributed by atoms with Gasteiger partial charge in [0.2, 0.25) is 11.8 Å². The highest BCUT2D eigenvalue weighted by Crippen LogP contribution is 2.50. The molecule has 3 fully saturated rings. The van der Waals surface area contributed by atoms with Crippen molar-refractivity contribution < 1.29 is 24.5 Å². The largest absolute Gasteiger partial charge is 0.507 e. The topological polar surface area (TPSA) is 90.3 Å². The van der Waals surface area contributed by atoms with E-state index in [9.17, 15) is 19.8 Å². The van der Waals surface area contributed by atoms with Gasteiger partial charge < -0.3 is 14.9 Å². The van der Waals surface area contributed by atoms with Gasteiger partial charge in [-0.25, -0.2) is 0 Å². The van der Waals surface area contributed by atoms with Crippen LogP contribution >= 0.6 is 0 Å². The van der Waals surface area contributed by atoms with Crippen LogP contribution < -0.4 is 0 Å². The zero-order valence-corrected chi connectivity index (χ0v) is 27.0. The predicted octanol–water partition coefficient (Wildman–Crippen LogP) is 5.95. The summed E-state index contributed by atoms with van der Waals surface area (Å²) in [7, 11) is 0. The first-order chi connectivity index (χ1) is 21.8. The van der Waals surface area contributed by atoms with Crippen LogP contribution in [0.2, 0.25) is 0 Å². The highest BCUT2D eigenvalue weighted by Gasteiger charge is 2.58. The lowest BCUT2D eigenvalue weighted by Crippen LogP contribution is -2.47. The third-order valence-electron chi connectivity index (χ3n) is 10.6. The van der Waals surface area contributed by atoms with E-state index < -0.39 is 5.92 Å². The van der Waals surface area contributed by atoms with Gasteiger partial charge in [0.25, 0.3) is 0 Å². The Kier molecular flexibility index (Phi) is 9.60. The van der Waals surface area contributed by atoms with E-state index in [0.29, 0.717) is 18.8 Å². The first-order valence-electron chi connectivity index (χ1n) is 16.9. The number of ether oxygens (including phenoxy) is 1. The predicted molar refractivity (Wildman–Crippen MR) is 175 cm³/mol. The average molecular weight is 613 g/mol. The van der Waals surface area contributed by atoms with Crippen molar-refractivity contribution in [2.75, 3.05) is 26.3 Å². The lowest BCUT2D eigenvalue weighted by molar-refractivity contribution is -0.144. The second-order valence-electron chi connectivity index (χ2n) is 13.6. The summed E-state index contributed by atoms with van der Waals surface area (Å²) in [6.07, 6.45) is 7.75. The Bertz CT molecular complexity index is 1450. The van der Waals surface area contributed by atoms with Gasteiger partial charge in [0.05, 0.1) is 31.2 Å². The molecule has 4 atom stereocenters. The number of hydrogen-bond acceptors (Lipinski definition) is 6. The number of aliphatic hydroxyl groups excluding tert-OH is 1. The summed E-state index contributed by atoms with van der Waals surface area (Å²) < 4.78 is 6.39. The number of phenols is 1. The summed E-state index contributed by atoms with van der Waals surface area (Å²) in [5.74, 6) is -0.650. The van der Waals surface area contributed by atoms with E-state index in [1.54, 1.807) is 4.90 Å². The number of rotatable bonds is 10. The number of nitrogens with zero attached hydrogens (tertiary/aromatic N) is 2. The number of carbonyl (C=O) groups is 2. The van der Waals surface area contributed by atoms with E-state index in [1.807, 2.05) is 32.0 Å². The van der Waals surface area contributed by atoms with Gasteiger partial charge in [-0.15, -0.1) is 0 Å². The SMILES string of the molecule is CCC/C(=C\c1cc(C)c(O)c(C)c1)CC[C@H]1OC[C@H]2C1=C(CO)C[C@H]1C(=O)N(C3CCN(Cc4ccccc4)CC3)C(=O)[C@H]12. The summed E-state index contributed by atoms with van der Waals surface area (Å²) in [6.45, 7) is 8.97. The minimum absolute atomic E-state index is 0.0279. The molecule has 45 heavy (non-hydrogen) atoms. The minimum Gasteiger partial charge on any atom is -0.507 e. The van der Waals surface area contributed by atoms with Gasteiger partial charge in [-0.2, -0.15) is 0 Å². The number of hydrogen-bond donors (Lipinski definition) is 2. The van der Waals surface area contributed by atoms with Gasteiger partial charge in [-0.1, -0.05) is 55.3 Å². The van der Waals surface area contributed by atoms with Crippen LogP contribution in [-0.2, 0) is 20.9 Å². The van der Waals surface area contributed by atoms with Crippen LogP contribution in [0.15, 0.2) is 59.2 Å². The highest BCUT2D eigenvalue weighted by molar-refractivity contribution is 6.06. The molecule has 1 aliphatic carbocycles. The number of imide groups is 1. The van der Waals surface area contributed by atoms with Crippen molar-refractivity contribution >= 4 is 17.9 Å². The van der Waals surface area contributed by atoms with Crippen molar-refractivity contribution in [3.05, 3.63) is 81.4 Å². The van der Waals surface area contributed by atoms with Gasteiger partial charge in [0.1, 0.15) is 5.75 Å². The van der Waals surface area contributed by atoms with Crippen LogP contribution in [0.1, 0.15) is 74.1 Å². The van der Waals surface area contributed by atoms with Crippen LogP contribution in [0.4, 0.5) is 0 Å². The summed E-state index contributed by atoms with van der Waals surface area (Å²) in [6, 6.07) is 14.4. The summed E-state index contributed by atoms with van der Waals surface area (Å²) in [5, 5.41) is 20.7. The number of carbonyl (C=O) groups excluding carboxylic acids is 2. The summed E-state index contributed by atoms with van der Waals surface area (Å²) in [4.78, 5) is 31.9. The van der Waals surface area contributed by atoms with Crippen molar-refractivity contribution in [3.63, 3.8) is 0 Å². The van der Waals surface area contributed by atoms with Gasteiger partial charge in [0.15, 0.2) is 0 Å². The molecule has 0 radical (unpaired) electrons. The standard InChI is InChI=1S/C38H48N2O5/c1-4-8-26(19-28-17-24(2)36(42)25(3)18-28)11-12-33-34-29(22-41)20-31-35(32(34)23-45-33)38(44)40(37(31)43)30-13-15-39(16-14-30)21-27-9-6-5-7-10-27/h5-7,9-10,17-19,30-33,35,41-42H,4,8,11-16,20-23H2,1-3H3/b26-19+/t31-,32+,33-,35-/m1/s1. The van der Waals surface area contributed by atoms with E-state index in [1.165, 1.54) is 11.1 Å². The molecule has 3 heterocycles.